The van der Waals surface area contributed by atoms with Gasteiger partial charge in [-0.25, -0.2) is 4.98 Å². The number of nitrogens with zero attached hydrogens (tertiary/aromatic N) is 3. The zero-order valence-corrected chi connectivity index (χ0v) is 10.6. The van der Waals surface area contributed by atoms with E-state index in [0.717, 1.165) is 31.5 Å². The van der Waals surface area contributed by atoms with Crippen LogP contribution in [0.1, 0.15) is 31.2 Å². The van der Waals surface area contributed by atoms with Gasteiger partial charge in [0.2, 0.25) is 0 Å². The van der Waals surface area contributed by atoms with E-state index in [4.69, 9.17) is 10.9 Å². The van der Waals surface area contributed by atoms with Gasteiger partial charge in [-0.15, -0.1) is 0 Å². The van der Waals surface area contributed by atoms with E-state index < -0.39 is 0 Å². The molecule has 4 N–H and O–H groups in total. The zero-order chi connectivity index (χ0) is 13.4. The van der Waals surface area contributed by atoms with Gasteiger partial charge >= 0.3 is 0 Å². The van der Waals surface area contributed by atoms with Crippen molar-refractivity contribution >= 4 is 11.7 Å². The lowest BCUT2D eigenvalue weighted by molar-refractivity contribution is 0.126. The first-order chi connectivity index (χ1) is 9.19. The normalized spacial score (nSPS) is 30.7. The molecule has 0 spiro atoms. The van der Waals surface area contributed by atoms with Crippen LogP contribution in [-0.2, 0) is 0 Å². The number of piperidine rings is 1. The minimum atomic E-state index is -0.176. The summed E-state index contributed by atoms with van der Waals surface area (Å²) in [7, 11) is 0. The van der Waals surface area contributed by atoms with Crippen LogP contribution < -0.4 is 10.6 Å². The van der Waals surface area contributed by atoms with Gasteiger partial charge in [-0.3, -0.25) is 0 Å². The number of rotatable bonds is 2. The number of hydrogen-bond donors (Lipinski definition) is 3. The second kappa shape index (κ2) is 4.70. The van der Waals surface area contributed by atoms with Gasteiger partial charge in [-0.05, 0) is 37.8 Å². The molecular formula is C13H18N4O2. The Kier molecular flexibility index (Phi) is 3.02. The van der Waals surface area contributed by atoms with Gasteiger partial charge in [0.25, 0.3) is 0 Å². The summed E-state index contributed by atoms with van der Waals surface area (Å²) >= 11 is 0. The highest BCUT2D eigenvalue weighted by molar-refractivity contribution is 5.96. The first kappa shape index (κ1) is 12.2. The molecule has 19 heavy (non-hydrogen) atoms. The highest BCUT2D eigenvalue weighted by atomic mass is 16.4. The van der Waals surface area contributed by atoms with Gasteiger partial charge in [0.1, 0.15) is 5.82 Å². The Morgan fingerprint density at radius 1 is 1.32 bits per heavy atom. The van der Waals surface area contributed by atoms with E-state index in [1.807, 2.05) is 12.1 Å². The smallest absolute Gasteiger partial charge is 0.171 e. The average Bonchev–Trinajstić information content (AvgIpc) is 2.70. The van der Waals surface area contributed by atoms with Crippen LogP contribution in [0.4, 0.5) is 5.82 Å². The van der Waals surface area contributed by atoms with Gasteiger partial charge in [-0.2, -0.15) is 0 Å². The maximum absolute atomic E-state index is 9.80. The number of hydrogen-bond acceptors (Lipinski definition) is 5. The molecule has 3 rings (SSSR count). The number of oxime groups is 1. The van der Waals surface area contributed by atoms with Gasteiger partial charge in [0.15, 0.2) is 5.84 Å². The van der Waals surface area contributed by atoms with Crippen molar-refractivity contribution in [2.75, 3.05) is 4.90 Å². The largest absolute Gasteiger partial charge is 0.409 e. The van der Waals surface area contributed by atoms with E-state index in [1.165, 1.54) is 0 Å². The molecule has 0 aromatic carbocycles. The fourth-order valence-corrected chi connectivity index (χ4v) is 3.27. The molecule has 1 aromatic heterocycles. The van der Waals surface area contributed by atoms with Crippen molar-refractivity contribution in [3.8, 4) is 0 Å². The predicted octanol–water partition coefficient (Wildman–Crippen LogP) is 0.668. The molecule has 6 nitrogen and oxygen atoms in total. The number of amidine groups is 1. The second-order valence-electron chi connectivity index (χ2n) is 5.31. The number of aromatic nitrogens is 1. The van der Waals surface area contributed by atoms with Crippen LogP contribution in [-0.4, -0.2) is 39.3 Å². The Morgan fingerprint density at radius 2 is 2.00 bits per heavy atom. The SMILES string of the molecule is NC(=NO)c1ccc(N2C3CCC2CC(O)C3)nc1. The van der Waals surface area contributed by atoms with E-state index in [9.17, 15) is 5.11 Å². The summed E-state index contributed by atoms with van der Waals surface area (Å²) in [6.45, 7) is 0. The van der Waals surface area contributed by atoms with E-state index in [0.29, 0.717) is 17.6 Å². The average molecular weight is 262 g/mol. The molecule has 0 radical (unpaired) electrons. The summed E-state index contributed by atoms with van der Waals surface area (Å²) < 4.78 is 0. The lowest BCUT2D eigenvalue weighted by Gasteiger charge is -2.38. The maximum Gasteiger partial charge on any atom is 0.171 e. The standard InChI is InChI=1S/C13H18N4O2/c14-13(16-19)8-1-4-12(15-7-8)17-9-2-3-10(17)6-11(18)5-9/h1,4,7,9-11,18-19H,2-3,5-6H2,(H2,14,16). The summed E-state index contributed by atoms with van der Waals surface area (Å²) in [6.07, 6.45) is 5.32. The van der Waals surface area contributed by atoms with Crippen LogP contribution in [0, 0.1) is 0 Å². The number of anilines is 1. The molecule has 6 heteroatoms. The minimum absolute atomic E-state index is 0.0658. The summed E-state index contributed by atoms with van der Waals surface area (Å²) in [6, 6.07) is 4.48. The van der Waals surface area contributed by atoms with Crippen LogP contribution >= 0.6 is 0 Å². The Balaban J connectivity index is 1.83. The molecule has 0 amide bonds. The van der Waals surface area contributed by atoms with Crippen LogP contribution in [0.5, 0.6) is 0 Å². The van der Waals surface area contributed by atoms with Crippen LogP contribution in [0.15, 0.2) is 23.5 Å². The molecule has 2 atom stereocenters. The summed E-state index contributed by atoms with van der Waals surface area (Å²) in [5.74, 6) is 0.977. The molecule has 0 saturated carbocycles. The summed E-state index contributed by atoms with van der Waals surface area (Å²) in [5, 5.41) is 21.4. The zero-order valence-electron chi connectivity index (χ0n) is 10.6. The van der Waals surface area contributed by atoms with Crippen molar-refractivity contribution < 1.29 is 10.3 Å². The van der Waals surface area contributed by atoms with Crippen molar-refractivity contribution in [3.63, 3.8) is 0 Å². The van der Waals surface area contributed by atoms with E-state index in [1.54, 1.807) is 6.20 Å². The second-order valence-corrected chi connectivity index (χ2v) is 5.31. The molecule has 2 bridgehead atoms. The molecule has 2 aliphatic heterocycles. The number of pyridine rings is 1. The number of fused-ring (bicyclic) bond motifs is 2. The van der Waals surface area contributed by atoms with Crippen molar-refractivity contribution in [1.29, 1.82) is 0 Å². The van der Waals surface area contributed by atoms with Gasteiger partial charge in [0, 0.05) is 23.8 Å². The lowest BCUT2D eigenvalue weighted by Crippen LogP contribution is -2.45. The number of aliphatic hydroxyl groups is 1. The third-order valence-electron chi connectivity index (χ3n) is 4.12. The van der Waals surface area contributed by atoms with E-state index in [-0.39, 0.29) is 11.9 Å². The predicted molar refractivity (Wildman–Crippen MR) is 71.3 cm³/mol. The third kappa shape index (κ3) is 2.12. The number of nitrogens with two attached hydrogens (primary N) is 1. The number of aliphatic hydroxyl groups excluding tert-OH is 1. The molecule has 3 heterocycles. The Labute approximate surface area is 111 Å². The summed E-state index contributed by atoms with van der Waals surface area (Å²) in [4.78, 5) is 6.72. The van der Waals surface area contributed by atoms with Crippen molar-refractivity contribution in [2.45, 2.75) is 43.9 Å². The molecular weight excluding hydrogens is 244 g/mol. The van der Waals surface area contributed by atoms with Crippen molar-refractivity contribution in [1.82, 2.24) is 4.98 Å². The Hall–Kier alpha value is -1.82. The topological polar surface area (TPSA) is 95.0 Å². The maximum atomic E-state index is 9.80. The van der Waals surface area contributed by atoms with Gasteiger partial charge in [0.05, 0.1) is 6.10 Å². The molecule has 1 aromatic rings. The first-order valence-electron chi connectivity index (χ1n) is 6.59. The third-order valence-corrected chi connectivity index (χ3v) is 4.12. The highest BCUT2D eigenvalue weighted by Gasteiger charge is 2.40. The molecule has 2 fully saturated rings. The van der Waals surface area contributed by atoms with Crippen LogP contribution in [0.3, 0.4) is 0 Å². The lowest BCUT2D eigenvalue weighted by atomic mass is 10.00. The van der Waals surface area contributed by atoms with Crippen LogP contribution in [0.25, 0.3) is 0 Å². The van der Waals surface area contributed by atoms with Gasteiger partial charge < -0.3 is 20.9 Å². The molecule has 2 aliphatic rings. The molecule has 0 aliphatic carbocycles. The quantitative estimate of drug-likeness (QED) is 0.315. The van der Waals surface area contributed by atoms with Crippen molar-refractivity contribution in [3.05, 3.63) is 23.9 Å². The Bertz CT molecular complexity index is 474. The fraction of sp³-hybridized carbons (Fsp3) is 0.538. The Morgan fingerprint density at radius 3 is 2.53 bits per heavy atom. The molecule has 2 saturated heterocycles. The van der Waals surface area contributed by atoms with E-state index in [2.05, 4.69) is 15.0 Å². The van der Waals surface area contributed by atoms with Gasteiger partial charge in [-0.1, -0.05) is 5.16 Å². The fourth-order valence-electron chi connectivity index (χ4n) is 3.27. The monoisotopic (exact) mass is 262 g/mol. The minimum Gasteiger partial charge on any atom is -0.409 e. The van der Waals surface area contributed by atoms with Crippen LogP contribution in [0.2, 0.25) is 0 Å². The van der Waals surface area contributed by atoms with E-state index >= 15 is 0 Å². The van der Waals surface area contributed by atoms with Crippen molar-refractivity contribution in [2.24, 2.45) is 10.9 Å². The summed E-state index contributed by atoms with van der Waals surface area (Å²) in [5.41, 5.74) is 6.13. The first-order valence-corrected chi connectivity index (χ1v) is 6.59. The highest BCUT2D eigenvalue weighted by Crippen LogP contribution is 2.38. The molecule has 102 valence electrons. The molecule has 2 unspecified atom stereocenters.